The standard InChI is InChI=1S/C9H15N3/c1-10-9(7-3-4-7)8-5-11-12(2)6-8/h5-7,9-10H,3-4H2,1-2H3. The largest absolute Gasteiger partial charge is 0.313 e. The van der Waals surface area contributed by atoms with Gasteiger partial charge in [-0.1, -0.05) is 0 Å². The van der Waals surface area contributed by atoms with E-state index in [4.69, 9.17) is 0 Å². The number of hydrogen-bond donors (Lipinski definition) is 1. The van der Waals surface area contributed by atoms with Gasteiger partial charge in [0, 0.05) is 24.8 Å². The molecule has 1 atom stereocenters. The fourth-order valence-corrected chi connectivity index (χ4v) is 1.70. The summed E-state index contributed by atoms with van der Waals surface area (Å²) in [6, 6.07) is 0.527. The molecule has 12 heavy (non-hydrogen) atoms. The van der Waals surface area contributed by atoms with Crippen molar-refractivity contribution in [2.24, 2.45) is 13.0 Å². The monoisotopic (exact) mass is 165 g/mol. The van der Waals surface area contributed by atoms with Crippen molar-refractivity contribution in [3.8, 4) is 0 Å². The maximum Gasteiger partial charge on any atom is 0.0537 e. The third-order valence-corrected chi connectivity index (χ3v) is 2.49. The quantitative estimate of drug-likeness (QED) is 0.726. The van der Waals surface area contributed by atoms with Crippen LogP contribution < -0.4 is 5.32 Å². The Labute approximate surface area is 72.8 Å². The molecule has 1 unspecified atom stereocenters. The van der Waals surface area contributed by atoms with Crippen LogP contribution in [0, 0.1) is 5.92 Å². The Balaban J connectivity index is 2.15. The molecule has 3 nitrogen and oxygen atoms in total. The lowest BCUT2D eigenvalue weighted by molar-refractivity contribution is 0.528. The normalized spacial score (nSPS) is 19.5. The van der Waals surface area contributed by atoms with Gasteiger partial charge in [0.2, 0.25) is 0 Å². The van der Waals surface area contributed by atoms with E-state index in [-0.39, 0.29) is 0 Å². The second-order valence-electron chi connectivity index (χ2n) is 3.55. The fourth-order valence-electron chi connectivity index (χ4n) is 1.70. The zero-order valence-electron chi connectivity index (χ0n) is 7.62. The summed E-state index contributed by atoms with van der Waals surface area (Å²) >= 11 is 0. The molecule has 1 saturated carbocycles. The summed E-state index contributed by atoms with van der Waals surface area (Å²) in [5.41, 5.74) is 1.32. The van der Waals surface area contributed by atoms with Crippen molar-refractivity contribution in [1.29, 1.82) is 0 Å². The maximum absolute atomic E-state index is 4.17. The molecule has 1 aromatic rings. The van der Waals surface area contributed by atoms with Gasteiger partial charge in [0.25, 0.3) is 0 Å². The molecule has 1 N–H and O–H groups in total. The number of aryl methyl sites for hydroxylation is 1. The van der Waals surface area contributed by atoms with Crippen LogP contribution in [0.15, 0.2) is 12.4 Å². The molecule has 0 radical (unpaired) electrons. The summed E-state index contributed by atoms with van der Waals surface area (Å²) in [5.74, 6) is 0.846. The smallest absolute Gasteiger partial charge is 0.0537 e. The lowest BCUT2D eigenvalue weighted by Crippen LogP contribution is -2.17. The fraction of sp³-hybridized carbons (Fsp3) is 0.667. The average Bonchev–Trinajstić information content (AvgIpc) is 2.78. The molecular formula is C9H15N3. The molecule has 66 valence electrons. The first-order valence-corrected chi connectivity index (χ1v) is 4.47. The first kappa shape index (κ1) is 7.80. The number of aromatic nitrogens is 2. The Hall–Kier alpha value is -0.830. The lowest BCUT2D eigenvalue weighted by Gasteiger charge is -2.12. The van der Waals surface area contributed by atoms with Crippen molar-refractivity contribution in [2.75, 3.05) is 7.05 Å². The minimum absolute atomic E-state index is 0.527. The van der Waals surface area contributed by atoms with E-state index in [0.717, 1.165) is 5.92 Å². The zero-order valence-corrected chi connectivity index (χ0v) is 7.62. The maximum atomic E-state index is 4.17. The summed E-state index contributed by atoms with van der Waals surface area (Å²) in [4.78, 5) is 0. The highest BCUT2D eigenvalue weighted by Crippen LogP contribution is 2.40. The Kier molecular flexibility index (Phi) is 1.89. The van der Waals surface area contributed by atoms with Gasteiger partial charge < -0.3 is 5.32 Å². The van der Waals surface area contributed by atoms with E-state index in [9.17, 15) is 0 Å². The van der Waals surface area contributed by atoms with Crippen molar-refractivity contribution in [3.63, 3.8) is 0 Å². The molecular weight excluding hydrogens is 150 g/mol. The molecule has 0 spiro atoms. The molecule has 0 amide bonds. The summed E-state index contributed by atoms with van der Waals surface area (Å²) < 4.78 is 1.86. The van der Waals surface area contributed by atoms with Crippen LogP contribution in [-0.4, -0.2) is 16.8 Å². The second kappa shape index (κ2) is 2.90. The third kappa shape index (κ3) is 1.37. The minimum atomic E-state index is 0.527. The van der Waals surface area contributed by atoms with Gasteiger partial charge >= 0.3 is 0 Å². The molecule has 0 aromatic carbocycles. The van der Waals surface area contributed by atoms with Crippen molar-refractivity contribution < 1.29 is 0 Å². The summed E-state index contributed by atoms with van der Waals surface area (Å²) in [7, 11) is 3.99. The number of hydrogen-bond acceptors (Lipinski definition) is 2. The van der Waals surface area contributed by atoms with Gasteiger partial charge in [0.05, 0.1) is 6.20 Å². The second-order valence-corrected chi connectivity index (χ2v) is 3.55. The van der Waals surface area contributed by atoms with E-state index >= 15 is 0 Å². The van der Waals surface area contributed by atoms with E-state index in [0.29, 0.717) is 6.04 Å². The zero-order chi connectivity index (χ0) is 8.55. The van der Waals surface area contributed by atoms with E-state index in [1.54, 1.807) is 0 Å². The van der Waals surface area contributed by atoms with Crippen LogP contribution in [0.3, 0.4) is 0 Å². The Bertz CT molecular complexity index is 262. The number of nitrogens with one attached hydrogen (secondary N) is 1. The van der Waals surface area contributed by atoms with Gasteiger partial charge in [0.1, 0.15) is 0 Å². The van der Waals surface area contributed by atoms with Crippen LogP contribution in [0.2, 0.25) is 0 Å². The molecule has 1 aliphatic carbocycles. The van der Waals surface area contributed by atoms with Crippen molar-refractivity contribution >= 4 is 0 Å². The lowest BCUT2D eigenvalue weighted by atomic mass is 10.1. The topological polar surface area (TPSA) is 29.9 Å². The molecule has 0 aliphatic heterocycles. The van der Waals surface area contributed by atoms with E-state index in [1.165, 1.54) is 18.4 Å². The van der Waals surface area contributed by atoms with E-state index < -0.39 is 0 Å². The highest BCUT2D eigenvalue weighted by atomic mass is 15.2. The Morgan fingerprint density at radius 2 is 2.42 bits per heavy atom. The van der Waals surface area contributed by atoms with Crippen LogP contribution in [0.1, 0.15) is 24.4 Å². The summed E-state index contributed by atoms with van der Waals surface area (Å²) in [5, 5.41) is 7.51. The van der Waals surface area contributed by atoms with Crippen LogP contribution in [0.25, 0.3) is 0 Å². The van der Waals surface area contributed by atoms with Crippen molar-refractivity contribution in [3.05, 3.63) is 18.0 Å². The Morgan fingerprint density at radius 1 is 1.67 bits per heavy atom. The highest BCUT2D eigenvalue weighted by Gasteiger charge is 2.31. The summed E-state index contributed by atoms with van der Waals surface area (Å²) in [6.07, 6.45) is 6.78. The molecule has 0 bridgehead atoms. The molecule has 1 fully saturated rings. The van der Waals surface area contributed by atoms with Crippen LogP contribution in [0.5, 0.6) is 0 Å². The molecule has 1 heterocycles. The molecule has 1 aromatic heterocycles. The number of rotatable bonds is 3. The van der Waals surface area contributed by atoms with Crippen LogP contribution in [-0.2, 0) is 7.05 Å². The van der Waals surface area contributed by atoms with E-state index in [2.05, 4.69) is 16.6 Å². The van der Waals surface area contributed by atoms with Gasteiger partial charge in [-0.3, -0.25) is 4.68 Å². The minimum Gasteiger partial charge on any atom is -0.313 e. The predicted octanol–water partition coefficient (Wildman–Crippen LogP) is 1.09. The van der Waals surface area contributed by atoms with Gasteiger partial charge in [-0.2, -0.15) is 5.10 Å². The molecule has 1 aliphatic rings. The van der Waals surface area contributed by atoms with Gasteiger partial charge in [-0.15, -0.1) is 0 Å². The summed E-state index contributed by atoms with van der Waals surface area (Å²) in [6.45, 7) is 0. The first-order valence-electron chi connectivity index (χ1n) is 4.47. The van der Waals surface area contributed by atoms with Gasteiger partial charge in [-0.05, 0) is 25.8 Å². The molecule has 2 rings (SSSR count). The first-order chi connectivity index (χ1) is 5.81. The Morgan fingerprint density at radius 3 is 2.83 bits per heavy atom. The number of nitrogens with zero attached hydrogens (tertiary/aromatic N) is 2. The van der Waals surface area contributed by atoms with Crippen LogP contribution >= 0.6 is 0 Å². The van der Waals surface area contributed by atoms with Crippen molar-refractivity contribution in [1.82, 2.24) is 15.1 Å². The predicted molar refractivity (Wildman–Crippen MR) is 47.7 cm³/mol. The molecule has 3 heteroatoms. The average molecular weight is 165 g/mol. The molecule has 0 saturated heterocycles. The van der Waals surface area contributed by atoms with Crippen molar-refractivity contribution in [2.45, 2.75) is 18.9 Å². The van der Waals surface area contributed by atoms with E-state index in [1.807, 2.05) is 25.0 Å². The third-order valence-electron chi connectivity index (χ3n) is 2.49. The SMILES string of the molecule is CNC(c1cnn(C)c1)C1CC1. The van der Waals surface area contributed by atoms with Gasteiger partial charge in [0.15, 0.2) is 0 Å². The van der Waals surface area contributed by atoms with Crippen LogP contribution in [0.4, 0.5) is 0 Å². The van der Waals surface area contributed by atoms with Gasteiger partial charge in [-0.25, -0.2) is 0 Å². The highest BCUT2D eigenvalue weighted by molar-refractivity contribution is 5.13.